The van der Waals surface area contributed by atoms with E-state index in [0.29, 0.717) is 12.6 Å². The van der Waals surface area contributed by atoms with Crippen molar-refractivity contribution in [1.29, 1.82) is 0 Å². The van der Waals surface area contributed by atoms with Crippen molar-refractivity contribution in [3.05, 3.63) is 23.9 Å². The second kappa shape index (κ2) is 5.05. The molecule has 1 aromatic rings. The first-order valence-corrected chi connectivity index (χ1v) is 7.32. The fourth-order valence-electron chi connectivity index (χ4n) is 2.62. The molecule has 5 heteroatoms. The average molecular weight is 274 g/mol. The highest BCUT2D eigenvalue weighted by molar-refractivity contribution is 5.90. The molecule has 0 aromatic carbocycles. The van der Waals surface area contributed by atoms with Crippen LogP contribution < -0.4 is 15.5 Å². The summed E-state index contributed by atoms with van der Waals surface area (Å²) in [6.07, 6.45) is 4.35. The predicted octanol–water partition coefficient (Wildman–Crippen LogP) is 1.05. The van der Waals surface area contributed by atoms with E-state index < -0.39 is 5.54 Å². The summed E-state index contributed by atoms with van der Waals surface area (Å²) in [6, 6.07) is 4.73. The van der Waals surface area contributed by atoms with Gasteiger partial charge in [-0.1, -0.05) is 6.07 Å². The lowest BCUT2D eigenvalue weighted by Gasteiger charge is -2.42. The number of rotatable bonds is 4. The highest BCUT2D eigenvalue weighted by Crippen LogP contribution is 2.28. The van der Waals surface area contributed by atoms with E-state index >= 15 is 0 Å². The molecule has 0 spiro atoms. The Morgan fingerprint density at radius 3 is 3.05 bits per heavy atom. The van der Waals surface area contributed by atoms with Crippen LogP contribution in [0.5, 0.6) is 0 Å². The molecule has 1 saturated heterocycles. The Kier molecular flexibility index (Phi) is 3.38. The van der Waals surface area contributed by atoms with Gasteiger partial charge in [-0.25, -0.2) is 4.98 Å². The van der Waals surface area contributed by atoms with Crippen LogP contribution in [0.1, 0.15) is 32.3 Å². The molecule has 0 radical (unpaired) electrons. The minimum Gasteiger partial charge on any atom is -0.352 e. The van der Waals surface area contributed by atoms with Gasteiger partial charge in [0.25, 0.3) is 0 Å². The zero-order chi connectivity index (χ0) is 14.2. The summed E-state index contributed by atoms with van der Waals surface area (Å²) in [5.41, 5.74) is 0.614. The molecule has 1 aliphatic heterocycles. The summed E-state index contributed by atoms with van der Waals surface area (Å²) >= 11 is 0. The number of carbonyl (C=O) groups is 1. The van der Waals surface area contributed by atoms with Crippen LogP contribution in [0.3, 0.4) is 0 Å². The van der Waals surface area contributed by atoms with Crippen molar-refractivity contribution >= 4 is 11.7 Å². The SMILES string of the molecule is CC1(C)C(=O)NCCN1c1ncccc1CNC1CC1. The molecule has 108 valence electrons. The van der Waals surface area contributed by atoms with Crippen LogP contribution in [0, 0.1) is 0 Å². The number of aromatic nitrogens is 1. The minimum atomic E-state index is -0.555. The fourth-order valence-corrected chi connectivity index (χ4v) is 2.62. The molecule has 5 nitrogen and oxygen atoms in total. The molecule has 0 unspecified atom stereocenters. The minimum absolute atomic E-state index is 0.0653. The van der Waals surface area contributed by atoms with Gasteiger partial charge in [-0.3, -0.25) is 4.79 Å². The van der Waals surface area contributed by atoms with E-state index in [9.17, 15) is 4.79 Å². The molecule has 20 heavy (non-hydrogen) atoms. The lowest BCUT2D eigenvalue weighted by Crippen LogP contribution is -2.62. The van der Waals surface area contributed by atoms with Gasteiger partial charge >= 0.3 is 0 Å². The molecule has 2 fully saturated rings. The molecule has 2 heterocycles. The summed E-state index contributed by atoms with van der Waals surface area (Å²) in [5.74, 6) is 0.996. The van der Waals surface area contributed by atoms with E-state index in [1.54, 1.807) is 6.20 Å². The summed E-state index contributed by atoms with van der Waals surface area (Å²) in [7, 11) is 0. The zero-order valence-electron chi connectivity index (χ0n) is 12.1. The second-order valence-electron chi connectivity index (χ2n) is 6.11. The van der Waals surface area contributed by atoms with E-state index in [2.05, 4.69) is 26.6 Å². The summed E-state index contributed by atoms with van der Waals surface area (Å²) in [4.78, 5) is 18.7. The summed E-state index contributed by atoms with van der Waals surface area (Å²) < 4.78 is 0. The lowest BCUT2D eigenvalue weighted by molar-refractivity contribution is -0.126. The Balaban J connectivity index is 1.85. The number of piperazine rings is 1. The molecular weight excluding hydrogens is 252 g/mol. The van der Waals surface area contributed by atoms with Crippen LogP contribution in [-0.4, -0.2) is 35.6 Å². The normalized spacial score (nSPS) is 21.7. The molecule has 3 rings (SSSR count). The Morgan fingerprint density at radius 2 is 2.30 bits per heavy atom. The lowest BCUT2D eigenvalue weighted by atomic mass is 9.98. The van der Waals surface area contributed by atoms with Gasteiger partial charge in [0.05, 0.1) is 0 Å². The van der Waals surface area contributed by atoms with Crippen molar-refractivity contribution in [2.75, 3.05) is 18.0 Å². The predicted molar refractivity (Wildman–Crippen MR) is 78.5 cm³/mol. The zero-order valence-corrected chi connectivity index (χ0v) is 12.1. The molecule has 1 aromatic heterocycles. The van der Waals surface area contributed by atoms with E-state index in [1.165, 1.54) is 18.4 Å². The molecule has 1 amide bonds. The van der Waals surface area contributed by atoms with Crippen molar-refractivity contribution in [2.45, 2.75) is 44.8 Å². The smallest absolute Gasteiger partial charge is 0.245 e. The summed E-state index contributed by atoms with van der Waals surface area (Å²) in [6.45, 7) is 6.20. The first-order valence-electron chi connectivity index (χ1n) is 7.32. The first kappa shape index (κ1) is 13.4. The highest BCUT2D eigenvalue weighted by Gasteiger charge is 2.39. The van der Waals surface area contributed by atoms with Crippen LogP contribution in [0.2, 0.25) is 0 Å². The topological polar surface area (TPSA) is 57.3 Å². The van der Waals surface area contributed by atoms with Crippen LogP contribution in [0.25, 0.3) is 0 Å². The monoisotopic (exact) mass is 274 g/mol. The maximum atomic E-state index is 12.1. The molecule has 2 aliphatic rings. The van der Waals surface area contributed by atoms with E-state index in [1.807, 2.05) is 19.9 Å². The Bertz CT molecular complexity index is 510. The highest BCUT2D eigenvalue weighted by atomic mass is 16.2. The third-order valence-corrected chi connectivity index (χ3v) is 4.13. The second-order valence-corrected chi connectivity index (χ2v) is 6.11. The Morgan fingerprint density at radius 1 is 1.50 bits per heavy atom. The number of pyridine rings is 1. The maximum Gasteiger partial charge on any atom is 0.245 e. The Hall–Kier alpha value is -1.62. The third kappa shape index (κ3) is 2.50. The molecule has 1 saturated carbocycles. The standard InChI is InChI=1S/C15H22N4O/c1-15(2)14(20)17-8-9-19(15)13-11(4-3-7-16-13)10-18-12-5-6-12/h3-4,7,12,18H,5-6,8-10H2,1-2H3,(H,17,20). The van der Waals surface area contributed by atoms with Crippen molar-refractivity contribution in [3.63, 3.8) is 0 Å². The van der Waals surface area contributed by atoms with Crippen LogP contribution in [0.4, 0.5) is 5.82 Å². The van der Waals surface area contributed by atoms with Gasteiger partial charge in [0.1, 0.15) is 11.4 Å². The van der Waals surface area contributed by atoms with Crippen molar-refractivity contribution in [3.8, 4) is 0 Å². The molecule has 0 atom stereocenters. The van der Waals surface area contributed by atoms with Crippen LogP contribution >= 0.6 is 0 Å². The van der Waals surface area contributed by atoms with Gasteiger partial charge in [-0.15, -0.1) is 0 Å². The maximum absolute atomic E-state index is 12.1. The molecule has 1 aliphatic carbocycles. The first-order chi connectivity index (χ1) is 9.59. The largest absolute Gasteiger partial charge is 0.352 e. The van der Waals surface area contributed by atoms with Crippen LogP contribution in [-0.2, 0) is 11.3 Å². The number of amides is 1. The number of anilines is 1. The van der Waals surface area contributed by atoms with Gasteiger partial charge in [0.15, 0.2) is 0 Å². The van der Waals surface area contributed by atoms with E-state index in [4.69, 9.17) is 0 Å². The number of hydrogen-bond donors (Lipinski definition) is 2. The quantitative estimate of drug-likeness (QED) is 0.861. The van der Waals surface area contributed by atoms with E-state index in [0.717, 1.165) is 18.9 Å². The molecule has 0 bridgehead atoms. The number of nitrogens with one attached hydrogen (secondary N) is 2. The fraction of sp³-hybridized carbons (Fsp3) is 0.600. The molecule has 2 N–H and O–H groups in total. The van der Waals surface area contributed by atoms with E-state index in [-0.39, 0.29) is 5.91 Å². The van der Waals surface area contributed by atoms with Gasteiger partial charge < -0.3 is 15.5 Å². The van der Waals surface area contributed by atoms with Crippen LogP contribution in [0.15, 0.2) is 18.3 Å². The third-order valence-electron chi connectivity index (χ3n) is 4.13. The number of nitrogens with zero attached hydrogens (tertiary/aromatic N) is 2. The van der Waals surface area contributed by atoms with Gasteiger partial charge in [0.2, 0.25) is 5.91 Å². The van der Waals surface area contributed by atoms with Crippen molar-refractivity contribution < 1.29 is 4.79 Å². The van der Waals surface area contributed by atoms with Gasteiger partial charge in [0, 0.05) is 37.4 Å². The van der Waals surface area contributed by atoms with Crippen molar-refractivity contribution in [2.24, 2.45) is 0 Å². The van der Waals surface area contributed by atoms with Gasteiger partial charge in [-0.05, 0) is 32.8 Å². The number of hydrogen-bond acceptors (Lipinski definition) is 4. The number of carbonyl (C=O) groups excluding carboxylic acids is 1. The summed E-state index contributed by atoms with van der Waals surface area (Å²) in [5, 5.41) is 6.45. The Labute approximate surface area is 119 Å². The molecular formula is C15H22N4O. The average Bonchev–Trinajstić information content (AvgIpc) is 3.24. The van der Waals surface area contributed by atoms with Crippen molar-refractivity contribution in [1.82, 2.24) is 15.6 Å². The van der Waals surface area contributed by atoms with Gasteiger partial charge in [-0.2, -0.15) is 0 Å².